The molecule has 1 rings (SSSR count). The van der Waals surface area contributed by atoms with E-state index in [0.717, 1.165) is 5.69 Å². The van der Waals surface area contributed by atoms with Crippen LogP contribution >= 0.6 is 0 Å². The van der Waals surface area contributed by atoms with Crippen molar-refractivity contribution in [2.24, 2.45) is 5.73 Å². The summed E-state index contributed by atoms with van der Waals surface area (Å²) >= 11 is 0. The number of hydrogen-bond acceptors (Lipinski definition) is 5. The fourth-order valence-electron chi connectivity index (χ4n) is 1.33. The Hall–Kier alpha value is -1.82. The summed E-state index contributed by atoms with van der Waals surface area (Å²) in [6.45, 7) is 1.12. The van der Waals surface area contributed by atoms with Gasteiger partial charge < -0.3 is 15.4 Å². The predicted octanol–water partition coefficient (Wildman–Crippen LogP) is 0.998. The number of nitrogens with two attached hydrogens (primary N) is 1. The zero-order valence-corrected chi connectivity index (χ0v) is 9.34. The molecule has 0 spiro atoms. The zero-order valence-electron chi connectivity index (χ0n) is 9.34. The molecule has 0 aliphatic rings. The number of nitro groups is 1. The Morgan fingerprint density at radius 1 is 1.50 bits per heavy atom. The van der Waals surface area contributed by atoms with E-state index in [-0.39, 0.29) is 5.69 Å². The lowest BCUT2D eigenvalue weighted by Gasteiger charge is -2.18. The normalized spacial score (nSPS) is 9.94. The lowest BCUT2D eigenvalue weighted by atomic mass is 10.2. The van der Waals surface area contributed by atoms with Gasteiger partial charge in [-0.2, -0.15) is 0 Å². The summed E-state index contributed by atoms with van der Waals surface area (Å²) in [5, 5.41) is 10.7. The van der Waals surface area contributed by atoms with E-state index in [1.807, 2.05) is 11.9 Å². The number of benzene rings is 1. The number of nitro benzene ring substituents is 1. The van der Waals surface area contributed by atoms with Gasteiger partial charge in [0.15, 0.2) is 0 Å². The van der Waals surface area contributed by atoms with E-state index in [2.05, 4.69) is 0 Å². The molecule has 1 aromatic carbocycles. The van der Waals surface area contributed by atoms with E-state index < -0.39 is 4.92 Å². The van der Waals surface area contributed by atoms with Gasteiger partial charge in [-0.3, -0.25) is 10.1 Å². The van der Waals surface area contributed by atoms with Crippen molar-refractivity contribution < 1.29 is 9.66 Å². The first-order valence-electron chi connectivity index (χ1n) is 4.83. The Kier molecular flexibility index (Phi) is 4.07. The molecule has 0 unspecified atom stereocenters. The van der Waals surface area contributed by atoms with Crippen LogP contribution in [-0.4, -0.2) is 32.2 Å². The second kappa shape index (κ2) is 5.32. The summed E-state index contributed by atoms with van der Waals surface area (Å²) in [6.07, 6.45) is 0. The first-order chi connectivity index (χ1) is 7.58. The molecule has 0 heterocycles. The van der Waals surface area contributed by atoms with Crippen molar-refractivity contribution in [1.82, 2.24) is 0 Å². The van der Waals surface area contributed by atoms with Gasteiger partial charge in [-0.05, 0) is 0 Å². The van der Waals surface area contributed by atoms with Crippen molar-refractivity contribution in [2.45, 2.75) is 0 Å². The molecule has 0 aromatic heterocycles. The van der Waals surface area contributed by atoms with Gasteiger partial charge >= 0.3 is 0 Å². The molecular formula is C10H15N3O3. The van der Waals surface area contributed by atoms with Crippen LogP contribution in [0, 0.1) is 10.1 Å². The zero-order chi connectivity index (χ0) is 12.1. The van der Waals surface area contributed by atoms with Gasteiger partial charge in [0.05, 0.1) is 18.1 Å². The number of ether oxygens (including phenoxy) is 1. The SMILES string of the molecule is COc1cc(N(C)CCN)cc([N+](=O)[O-])c1. The fourth-order valence-corrected chi connectivity index (χ4v) is 1.33. The highest BCUT2D eigenvalue weighted by molar-refractivity contribution is 5.57. The van der Waals surface area contributed by atoms with Crippen molar-refractivity contribution in [3.8, 4) is 5.75 Å². The quantitative estimate of drug-likeness (QED) is 0.597. The molecular weight excluding hydrogens is 210 g/mol. The lowest BCUT2D eigenvalue weighted by molar-refractivity contribution is -0.384. The third kappa shape index (κ3) is 2.83. The highest BCUT2D eigenvalue weighted by Crippen LogP contribution is 2.27. The van der Waals surface area contributed by atoms with Gasteiger partial charge in [-0.15, -0.1) is 0 Å². The van der Waals surface area contributed by atoms with E-state index in [1.165, 1.54) is 19.2 Å². The molecule has 0 aliphatic heterocycles. The molecule has 0 saturated heterocycles. The molecule has 0 atom stereocenters. The van der Waals surface area contributed by atoms with E-state index in [9.17, 15) is 10.1 Å². The number of nitrogens with zero attached hydrogens (tertiary/aromatic N) is 2. The van der Waals surface area contributed by atoms with Crippen molar-refractivity contribution in [1.29, 1.82) is 0 Å². The van der Waals surface area contributed by atoms with E-state index in [0.29, 0.717) is 18.8 Å². The topological polar surface area (TPSA) is 81.6 Å². The lowest BCUT2D eigenvalue weighted by Crippen LogP contribution is -2.24. The summed E-state index contributed by atoms with van der Waals surface area (Å²) < 4.78 is 5.01. The Balaban J connectivity index is 3.08. The highest BCUT2D eigenvalue weighted by Gasteiger charge is 2.12. The minimum Gasteiger partial charge on any atom is -0.496 e. The van der Waals surface area contributed by atoms with Crippen molar-refractivity contribution in [3.63, 3.8) is 0 Å². The van der Waals surface area contributed by atoms with Crippen LogP contribution in [0.1, 0.15) is 0 Å². The first kappa shape index (κ1) is 12.3. The Labute approximate surface area is 93.8 Å². The number of methoxy groups -OCH3 is 1. The van der Waals surface area contributed by atoms with Gasteiger partial charge in [0.25, 0.3) is 5.69 Å². The van der Waals surface area contributed by atoms with E-state index in [4.69, 9.17) is 10.5 Å². The van der Waals surface area contributed by atoms with E-state index in [1.54, 1.807) is 6.07 Å². The minimum atomic E-state index is -0.442. The molecule has 6 heteroatoms. The molecule has 16 heavy (non-hydrogen) atoms. The monoisotopic (exact) mass is 225 g/mol. The maximum atomic E-state index is 10.7. The van der Waals surface area contributed by atoms with Crippen LogP contribution in [0.4, 0.5) is 11.4 Å². The molecule has 0 fully saturated rings. The molecule has 1 aromatic rings. The maximum absolute atomic E-state index is 10.7. The largest absolute Gasteiger partial charge is 0.496 e. The van der Waals surface area contributed by atoms with Crippen LogP contribution in [0.2, 0.25) is 0 Å². The summed E-state index contributed by atoms with van der Waals surface area (Å²) in [5.74, 6) is 0.466. The molecule has 88 valence electrons. The third-order valence-electron chi connectivity index (χ3n) is 2.23. The molecule has 0 bridgehead atoms. The summed E-state index contributed by atoms with van der Waals surface area (Å²) in [5.41, 5.74) is 6.16. The first-order valence-corrected chi connectivity index (χ1v) is 4.83. The molecule has 0 saturated carbocycles. The number of rotatable bonds is 5. The minimum absolute atomic E-state index is 0.0122. The average molecular weight is 225 g/mol. The van der Waals surface area contributed by atoms with Crippen LogP contribution < -0.4 is 15.4 Å². The van der Waals surface area contributed by atoms with Gasteiger partial charge in [-0.1, -0.05) is 0 Å². The predicted molar refractivity (Wildman–Crippen MR) is 62.0 cm³/mol. The average Bonchev–Trinajstić information content (AvgIpc) is 2.28. The summed E-state index contributed by atoms with van der Waals surface area (Å²) in [6, 6.07) is 4.63. The van der Waals surface area contributed by atoms with Crippen LogP contribution in [0.15, 0.2) is 18.2 Å². The highest BCUT2D eigenvalue weighted by atomic mass is 16.6. The molecule has 2 N–H and O–H groups in total. The number of hydrogen-bond donors (Lipinski definition) is 1. The Morgan fingerprint density at radius 2 is 2.19 bits per heavy atom. The fraction of sp³-hybridized carbons (Fsp3) is 0.400. The number of anilines is 1. The molecule has 0 amide bonds. The van der Waals surface area contributed by atoms with Crippen molar-refractivity contribution >= 4 is 11.4 Å². The van der Waals surface area contributed by atoms with Gasteiger partial charge in [0.2, 0.25) is 0 Å². The van der Waals surface area contributed by atoms with Crippen molar-refractivity contribution in [3.05, 3.63) is 28.3 Å². The Morgan fingerprint density at radius 3 is 2.69 bits per heavy atom. The number of non-ortho nitro benzene ring substituents is 1. The van der Waals surface area contributed by atoms with Gasteiger partial charge in [-0.25, -0.2) is 0 Å². The molecule has 6 nitrogen and oxygen atoms in total. The third-order valence-corrected chi connectivity index (χ3v) is 2.23. The van der Waals surface area contributed by atoms with Crippen LogP contribution in [-0.2, 0) is 0 Å². The molecule has 0 radical (unpaired) electrons. The summed E-state index contributed by atoms with van der Waals surface area (Å²) in [7, 11) is 3.30. The standard InChI is InChI=1S/C10H15N3O3/c1-12(4-3-11)8-5-9(13(14)15)7-10(6-8)16-2/h5-7H,3-4,11H2,1-2H3. The molecule has 0 aliphatic carbocycles. The smallest absolute Gasteiger partial charge is 0.275 e. The van der Waals surface area contributed by atoms with Crippen LogP contribution in [0.25, 0.3) is 0 Å². The van der Waals surface area contributed by atoms with Crippen LogP contribution in [0.3, 0.4) is 0 Å². The van der Waals surface area contributed by atoms with Crippen LogP contribution in [0.5, 0.6) is 5.75 Å². The second-order valence-corrected chi connectivity index (χ2v) is 3.36. The number of likely N-dealkylation sites (N-methyl/N-ethyl adjacent to an activating group) is 1. The van der Waals surface area contributed by atoms with Gasteiger partial charge in [0, 0.05) is 38.0 Å². The van der Waals surface area contributed by atoms with Crippen molar-refractivity contribution in [2.75, 3.05) is 32.1 Å². The second-order valence-electron chi connectivity index (χ2n) is 3.36. The summed E-state index contributed by atoms with van der Waals surface area (Å²) in [4.78, 5) is 12.1. The Bertz CT molecular complexity index is 382. The van der Waals surface area contributed by atoms with Gasteiger partial charge in [0.1, 0.15) is 5.75 Å². The van der Waals surface area contributed by atoms with E-state index >= 15 is 0 Å². The maximum Gasteiger partial charge on any atom is 0.275 e.